The lowest BCUT2D eigenvalue weighted by atomic mass is 9.90. The first-order chi connectivity index (χ1) is 12.6. The highest BCUT2D eigenvalue weighted by atomic mass is 16.1. The third-order valence-corrected chi connectivity index (χ3v) is 4.79. The first kappa shape index (κ1) is 18.1. The van der Waals surface area contributed by atoms with Crippen molar-refractivity contribution in [3.63, 3.8) is 0 Å². The summed E-state index contributed by atoms with van der Waals surface area (Å²) in [6.07, 6.45) is 3.50. The number of para-hydroxylation sites is 1. The standard InChI is InChI=1S/C22H27N3O/c1-4-7-22(26)24-14-19(16-10-12-17(13-11-16)25(2)3)20-15-23-21-9-6-5-8-18(20)21/h5-6,8-13,15,19,23H,4,7,14H2,1-3H3,(H,24,26). The van der Waals surface area contributed by atoms with Gasteiger partial charge in [-0.25, -0.2) is 0 Å². The van der Waals surface area contributed by atoms with Crippen LogP contribution in [0.4, 0.5) is 5.69 Å². The van der Waals surface area contributed by atoms with Crippen molar-refractivity contribution in [1.29, 1.82) is 0 Å². The summed E-state index contributed by atoms with van der Waals surface area (Å²) in [6, 6.07) is 16.9. The zero-order valence-electron chi connectivity index (χ0n) is 15.8. The Kier molecular flexibility index (Phi) is 5.61. The number of H-pyrrole nitrogens is 1. The second-order valence-electron chi connectivity index (χ2n) is 6.88. The minimum absolute atomic E-state index is 0.113. The van der Waals surface area contributed by atoms with E-state index in [4.69, 9.17) is 0 Å². The minimum Gasteiger partial charge on any atom is -0.378 e. The lowest BCUT2D eigenvalue weighted by molar-refractivity contribution is -0.121. The molecule has 0 aliphatic rings. The van der Waals surface area contributed by atoms with E-state index in [1.165, 1.54) is 22.2 Å². The van der Waals surface area contributed by atoms with E-state index < -0.39 is 0 Å². The number of rotatable bonds is 7. The third-order valence-electron chi connectivity index (χ3n) is 4.79. The highest BCUT2D eigenvalue weighted by Gasteiger charge is 2.19. The second-order valence-corrected chi connectivity index (χ2v) is 6.88. The van der Waals surface area contributed by atoms with Crippen molar-refractivity contribution in [3.05, 3.63) is 65.9 Å². The molecular formula is C22H27N3O. The summed E-state index contributed by atoms with van der Waals surface area (Å²) in [5.74, 6) is 0.227. The van der Waals surface area contributed by atoms with E-state index in [0.717, 1.165) is 11.9 Å². The van der Waals surface area contributed by atoms with Gasteiger partial charge in [-0.3, -0.25) is 4.79 Å². The highest BCUT2D eigenvalue weighted by Crippen LogP contribution is 2.31. The van der Waals surface area contributed by atoms with Crippen LogP contribution in [0.2, 0.25) is 0 Å². The summed E-state index contributed by atoms with van der Waals surface area (Å²) < 4.78 is 0. The van der Waals surface area contributed by atoms with Crippen LogP contribution >= 0.6 is 0 Å². The van der Waals surface area contributed by atoms with Gasteiger partial charge in [0.15, 0.2) is 0 Å². The molecule has 0 aliphatic heterocycles. The molecule has 4 heteroatoms. The largest absolute Gasteiger partial charge is 0.378 e. The fraction of sp³-hybridized carbons (Fsp3) is 0.318. The molecule has 3 aromatic rings. The zero-order chi connectivity index (χ0) is 18.5. The summed E-state index contributed by atoms with van der Waals surface area (Å²) in [5, 5.41) is 4.32. The van der Waals surface area contributed by atoms with E-state index >= 15 is 0 Å². The Morgan fingerprint density at radius 1 is 1.12 bits per heavy atom. The van der Waals surface area contributed by atoms with Crippen LogP contribution in [-0.2, 0) is 4.79 Å². The molecule has 2 N–H and O–H groups in total. The number of anilines is 1. The van der Waals surface area contributed by atoms with Crippen molar-refractivity contribution in [2.75, 3.05) is 25.5 Å². The predicted octanol–water partition coefficient (Wildman–Crippen LogP) is 4.28. The molecule has 3 rings (SSSR count). The van der Waals surface area contributed by atoms with E-state index in [2.05, 4.69) is 63.9 Å². The topological polar surface area (TPSA) is 48.1 Å². The van der Waals surface area contributed by atoms with Crippen LogP contribution in [0.3, 0.4) is 0 Å². The minimum atomic E-state index is 0.113. The number of nitrogens with zero attached hydrogens (tertiary/aromatic N) is 1. The van der Waals surface area contributed by atoms with Crippen molar-refractivity contribution in [2.45, 2.75) is 25.7 Å². The summed E-state index contributed by atoms with van der Waals surface area (Å²) in [5.41, 5.74) is 4.71. The Morgan fingerprint density at radius 2 is 1.85 bits per heavy atom. The van der Waals surface area contributed by atoms with E-state index in [0.29, 0.717) is 13.0 Å². The normalized spacial score (nSPS) is 12.1. The molecule has 1 amide bonds. The monoisotopic (exact) mass is 349 g/mol. The van der Waals surface area contributed by atoms with Crippen LogP contribution in [0.25, 0.3) is 10.9 Å². The van der Waals surface area contributed by atoms with Gasteiger partial charge in [0.25, 0.3) is 0 Å². The molecule has 0 bridgehead atoms. The quantitative estimate of drug-likeness (QED) is 0.669. The van der Waals surface area contributed by atoms with Crippen LogP contribution in [0.5, 0.6) is 0 Å². The molecule has 2 aromatic carbocycles. The van der Waals surface area contributed by atoms with Crippen LogP contribution in [0.1, 0.15) is 36.8 Å². The molecule has 0 aliphatic carbocycles. The molecule has 1 heterocycles. The van der Waals surface area contributed by atoms with Gasteiger partial charge in [-0.1, -0.05) is 37.3 Å². The summed E-state index contributed by atoms with van der Waals surface area (Å²) in [4.78, 5) is 17.5. The molecule has 0 spiro atoms. The maximum atomic E-state index is 12.0. The van der Waals surface area contributed by atoms with Gasteiger partial charge >= 0.3 is 0 Å². The lowest BCUT2D eigenvalue weighted by Crippen LogP contribution is -2.28. The van der Waals surface area contributed by atoms with Crippen molar-refractivity contribution in [1.82, 2.24) is 10.3 Å². The Bertz CT molecular complexity index is 864. The maximum absolute atomic E-state index is 12.0. The first-order valence-electron chi connectivity index (χ1n) is 9.20. The van der Waals surface area contributed by atoms with Crippen LogP contribution in [0, 0.1) is 0 Å². The van der Waals surface area contributed by atoms with Gasteiger partial charge in [-0.15, -0.1) is 0 Å². The first-order valence-corrected chi connectivity index (χ1v) is 9.20. The molecule has 1 unspecified atom stereocenters. The van der Waals surface area contributed by atoms with Crippen LogP contribution in [0.15, 0.2) is 54.7 Å². The van der Waals surface area contributed by atoms with E-state index in [1.807, 2.05) is 27.1 Å². The summed E-state index contributed by atoms with van der Waals surface area (Å²) in [7, 11) is 4.08. The molecule has 4 nitrogen and oxygen atoms in total. The van der Waals surface area contributed by atoms with Crippen molar-refractivity contribution in [3.8, 4) is 0 Å². The second kappa shape index (κ2) is 8.09. The number of carbonyl (C=O) groups excluding carboxylic acids is 1. The number of aromatic nitrogens is 1. The fourth-order valence-corrected chi connectivity index (χ4v) is 3.33. The molecular weight excluding hydrogens is 322 g/mol. The Labute approximate surface area is 155 Å². The van der Waals surface area contributed by atoms with E-state index in [9.17, 15) is 4.79 Å². The number of amides is 1. The third kappa shape index (κ3) is 3.90. The molecule has 1 atom stereocenters. The van der Waals surface area contributed by atoms with Crippen molar-refractivity contribution >= 4 is 22.5 Å². The van der Waals surface area contributed by atoms with Gasteiger partial charge in [-0.05, 0) is 35.7 Å². The SMILES string of the molecule is CCCC(=O)NCC(c1ccc(N(C)C)cc1)c1c[nH]c2ccccc12. The fourth-order valence-electron chi connectivity index (χ4n) is 3.33. The van der Waals surface area contributed by atoms with Gasteiger partial charge < -0.3 is 15.2 Å². The maximum Gasteiger partial charge on any atom is 0.220 e. The highest BCUT2D eigenvalue weighted by molar-refractivity contribution is 5.84. The molecule has 0 saturated carbocycles. The number of carbonyl (C=O) groups is 1. The summed E-state index contributed by atoms with van der Waals surface area (Å²) in [6.45, 7) is 2.62. The van der Waals surface area contributed by atoms with E-state index in [-0.39, 0.29) is 11.8 Å². The number of fused-ring (bicyclic) bond motifs is 1. The molecule has 0 radical (unpaired) electrons. The lowest BCUT2D eigenvalue weighted by Gasteiger charge is -2.20. The van der Waals surface area contributed by atoms with Gasteiger partial charge in [0.05, 0.1) is 0 Å². The zero-order valence-corrected chi connectivity index (χ0v) is 15.8. The Balaban J connectivity index is 1.94. The number of hydrogen-bond donors (Lipinski definition) is 2. The molecule has 0 fully saturated rings. The number of aromatic amines is 1. The van der Waals surface area contributed by atoms with Crippen LogP contribution in [-0.4, -0.2) is 31.5 Å². The van der Waals surface area contributed by atoms with Gasteiger partial charge in [0.1, 0.15) is 0 Å². The molecule has 1 aromatic heterocycles. The molecule has 26 heavy (non-hydrogen) atoms. The predicted molar refractivity (Wildman–Crippen MR) is 109 cm³/mol. The van der Waals surface area contributed by atoms with Crippen molar-refractivity contribution in [2.24, 2.45) is 0 Å². The Morgan fingerprint density at radius 3 is 2.54 bits per heavy atom. The van der Waals surface area contributed by atoms with Gasteiger partial charge in [-0.2, -0.15) is 0 Å². The molecule has 136 valence electrons. The van der Waals surface area contributed by atoms with Gasteiger partial charge in [0.2, 0.25) is 5.91 Å². The Hall–Kier alpha value is -2.75. The average Bonchev–Trinajstić information content (AvgIpc) is 3.07. The number of nitrogens with one attached hydrogen (secondary N) is 2. The smallest absolute Gasteiger partial charge is 0.220 e. The van der Waals surface area contributed by atoms with Gasteiger partial charge in [0, 0.05) is 55.8 Å². The number of benzene rings is 2. The average molecular weight is 349 g/mol. The van der Waals surface area contributed by atoms with Crippen LogP contribution < -0.4 is 10.2 Å². The molecule has 0 saturated heterocycles. The summed E-state index contributed by atoms with van der Waals surface area (Å²) >= 11 is 0. The van der Waals surface area contributed by atoms with Crippen molar-refractivity contribution < 1.29 is 4.79 Å². The van der Waals surface area contributed by atoms with E-state index in [1.54, 1.807) is 0 Å². The number of hydrogen-bond acceptors (Lipinski definition) is 2.